The number of hydrogen-bond donors (Lipinski definition) is 2. The first-order valence-corrected chi connectivity index (χ1v) is 5.84. The van der Waals surface area contributed by atoms with E-state index in [0.717, 1.165) is 6.07 Å². The molecular weight excluding hydrogens is 270 g/mol. The van der Waals surface area contributed by atoms with Crippen LogP contribution in [0.3, 0.4) is 0 Å². The van der Waals surface area contributed by atoms with Gasteiger partial charge >= 0.3 is 5.97 Å². The normalized spacial score (nSPS) is 10.7. The summed E-state index contributed by atoms with van der Waals surface area (Å²) >= 11 is 0. The van der Waals surface area contributed by atoms with Crippen molar-refractivity contribution >= 4 is 5.97 Å². The third-order valence-electron chi connectivity index (χ3n) is 2.61. The van der Waals surface area contributed by atoms with Gasteiger partial charge in [-0.25, -0.2) is 13.6 Å². The highest BCUT2D eigenvalue weighted by molar-refractivity contribution is 5.84. The smallest absolute Gasteiger partial charge is 0.358 e. The minimum Gasteiger partial charge on any atom is -0.476 e. The lowest BCUT2D eigenvalue weighted by molar-refractivity contribution is 0.0690. The summed E-state index contributed by atoms with van der Waals surface area (Å²) in [5.41, 5.74) is 0.228. The lowest BCUT2D eigenvalue weighted by Gasteiger charge is -2.05. The van der Waals surface area contributed by atoms with Gasteiger partial charge in [-0.3, -0.25) is 4.68 Å². The molecule has 0 unspecified atom stereocenters. The second-order valence-corrected chi connectivity index (χ2v) is 4.08. The minimum absolute atomic E-state index is 0.130. The number of carboxylic acids is 1. The predicted molar refractivity (Wildman–Crippen MR) is 65.0 cm³/mol. The Bertz CT molecular complexity index is 615. The van der Waals surface area contributed by atoms with Crippen LogP contribution in [0.5, 0.6) is 0 Å². The van der Waals surface area contributed by atoms with Gasteiger partial charge in [-0.15, -0.1) is 5.10 Å². The van der Waals surface area contributed by atoms with Gasteiger partial charge in [0.25, 0.3) is 0 Å². The van der Waals surface area contributed by atoms with E-state index in [9.17, 15) is 13.6 Å². The Balaban J connectivity index is 1.79. The molecule has 0 saturated heterocycles. The van der Waals surface area contributed by atoms with Gasteiger partial charge in [0.05, 0.1) is 12.7 Å². The fraction of sp³-hybridized carbons (Fsp3) is 0.250. The van der Waals surface area contributed by atoms with E-state index in [1.165, 1.54) is 23.0 Å². The van der Waals surface area contributed by atoms with Gasteiger partial charge in [0.15, 0.2) is 5.69 Å². The van der Waals surface area contributed by atoms with Gasteiger partial charge in [-0.05, 0) is 6.07 Å². The molecule has 0 fully saturated rings. The maximum absolute atomic E-state index is 13.3. The zero-order valence-electron chi connectivity index (χ0n) is 10.4. The SMILES string of the molecule is O=C(O)c1cn(CCNCc2ccc(F)cc2F)nn1. The number of aromatic carboxylic acids is 1. The molecule has 0 atom stereocenters. The molecule has 0 saturated carbocycles. The van der Waals surface area contributed by atoms with E-state index in [0.29, 0.717) is 18.7 Å². The van der Waals surface area contributed by atoms with Crippen LogP contribution < -0.4 is 5.32 Å². The Labute approximate surface area is 113 Å². The van der Waals surface area contributed by atoms with Crippen molar-refractivity contribution in [2.75, 3.05) is 6.54 Å². The van der Waals surface area contributed by atoms with Crippen molar-refractivity contribution in [3.8, 4) is 0 Å². The number of halogens is 2. The number of aromatic nitrogens is 3. The molecule has 0 aliphatic rings. The Kier molecular flexibility index (Phi) is 4.36. The van der Waals surface area contributed by atoms with Crippen molar-refractivity contribution < 1.29 is 18.7 Å². The summed E-state index contributed by atoms with van der Waals surface area (Å²) in [5.74, 6) is -2.36. The van der Waals surface area contributed by atoms with Crippen LogP contribution in [0, 0.1) is 11.6 Å². The minimum atomic E-state index is -1.14. The average Bonchev–Trinajstić information content (AvgIpc) is 2.85. The number of hydrogen-bond acceptors (Lipinski definition) is 4. The van der Waals surface area contributed by atoms with E-state index < -0.39 is 17.6 Å². The molecular formula is C12H12F2N4O2. The molecule has 0 bridgehead atoms. The molecule has 2 rings (SSSR count). The summed E-state index contributed by atoms with van der Waals surface area (Å²) in [4.78, 5) is 10.6. The van der Waals surface area contributed by atoms with Gasteiger partial charge in [0.1, 0.15) is 11.6 Å². The van der Waals surface area contributed by atoms with Gasteiger partial charge < -0.3 is 10.4 Å². The molecule has 2 N–H and O–H groups in total. The van der Waals surface area contributed by atoms with Crippen molar-refractivity contribution in [3.63, 3.8) is 0 Å². The zero-order valence-corrected chi connectivity index (χ0v) is 10.4. The van der Waals surface area contributed by atoms with Gasteiger partial charge in [0, 0.05) is 24.7 Å². The zero-order chi connectivity index (χ0) is 14.5. The summed E-state index contributed by atoms with van der Waals surface area (Å²) in [7, 11) is 0. The predicted octanol–water partition coefficient (Wildman–Crippen LogP) is 1.04. The van der Waals surface area contributed by atoms with Crippen molar-refractivity contribution in [1.82, 2.24) is 20.3 Å². The van der Waals surface area contributed by atoms with Crippen LogP contribution in [0.25, 0.3) is 0 Å². The Hall–Kier alpha value is -2.35. The summed E-state index contributed by atoms with van der Waals surface area (Å²) in [6, 6.07) is 3.39. The Morgan fingerprint density at radius 1 is 1.40 bits per heavy atom. The summed E-state index contributed by atoms with van der Waals surface area (Å²) in [5, 5.41) is 18.7. The molecule has 2 aromatic rings. The van der Waals surface area contributed by atoms with Gasteiger partial charge in [-0.2, -0.15) is 0 Å². The van der Waals surface area contributed by atoms with Crippen LogP contribution in [0.4, 0.5) is 8.78 Å². The maximum Gasteiger partial charge on any atom is 0.358 e. The highest BCUT2D eigenvalue weighted by Gasteiger charge is 2.08. The van der Waals surface area contributed by atoms with Crippen LogP contribution >= 0.6 is 0 Å². The maximum atomic E-state index is 13.3. The highest BCUT2D eigenvalue weighted by Crippen LogP contribution is 2.08. The fourth-order valence-electron chi connectivity index (χ4n) is 1.59. The second kappa shape index (κ2) is 6.20. The molecule has 1 heterocycles. The van der Waals surface area contributed by atoms with Gasteiger partial charge in [0.2, 0.25) is 0 Å². The van der Waals surface area contributed by atoms with Crippen molar-refractivity contribution in [2.24, 2.45) is 0 Å². The molecule has 20 heavy (non-hydrogen) atoms. The molecule has 0 amide bonds. The van der Waals surface area contributed by atoms with E-state index in [1.807, 2.05) is 0 Å². The number of rotatable bonds is 6. The molecule has 0 aliphatic carbocycles. The molecule has 0 aliphatic heterocycles. The van der Waals surface area contributed by atoms with Crippen LogP contribution in [-0.4, -0.2) is 32.6 Å². The number of nitrogens with one attached hydrogen (secondary N) is 1. The first kappa shape index (κ1) is 14.1. The third kappa shape index (κ3) is 3.58. The molecule has 6 nitrogen and oxygen atoms in total. The molecule has 1 aromatic heterocycles. The van der Waals surface area contributed by atoms with Crippen molar-refractivity contribution in [1.29, 1.82) is 0 Å². The topological polar surface area (TPSA) is 80.0 Å². The third-order valence-corrected chi connectivity index (χ3v) is 2.61. The molecule has 106 valence electrons. The van der Waals surface area contributed by atoms with E-state index in [1.54, 1.807) is 0 Å². The molecule has 8 heteroatoms. The molecule has 0 spiro atoms. The van der Waals surface area contributed by atoms with Crippen LogP contribution in [0.2, 0.25) is 0 Å². The number of carboxylic acid groups (broad SMARTS) is 1. The number of benzene rings is 1. The Morgan fingerprint density at radius 3 is 2.85 bits per heavy atom. The van der Waals surface area contributed by atoms with E-state index in [-0.39, 0.29) is 12.2 Å². The molecule has 1 aromatic carbocycles. The average molecular weight is 282 g/mol. The fourth-order valence-corrected chi connectivity index (χ4v) is 1.59. The van der Waals surface area contributed by atoms with E-state index in [2.05, 4.69) is 15.6 Å². The lowest BCUT2D eigenvalue weighted by Crippen LogP contribution is -2.20. The summed E-state index contributed by atoms with van der Waals surface area (Å²) in [6.45, 7) is 1.08. The van der Waals surface area contributed by atoms with Crippen LogP contribution in [0.15, 0.2) is 24.4 Å². The van der Waals surface area contributed by atoms with Crippen molar-refractivity contribution in [2.45, 2.75) is 13.1 Å². The quantitative estimate of drug-likeness (QED) is 0.774. The monoisotopic (exact) mass is 282 g/mol. The summed E-state index contributed by atoms with van der Waals surface area (Å²) in [6.07, 6.45) is 1.31. The van der Waals surface area contributed by atoms with Crippen LogP contribution in [-0.2, 0) is 13.1 Å². The standard InChI is InChI=1S/C12H12F2N4O2/c13-9-2-1-8(10(14)5-9)6-15-3-4-18-7-11(12(19)20)16-17-18/h1-2,5,7,15H,3-4,6H2,(H,19,20). The largest absolute Gasteiger partial charge is 0.476 e. The Morgan fingerprint density at radius 2 is 2.20 bits per heavy atom. The second-order valence-electron chi connectivity index (χ2n) is 4.08. The van der Waals surface area contributed by atoms with Crippen LogP contribution in [0.1, 0.15) is 16.1 Å². The van der Waals surface area contributed by atoms with Gasteiger partial charge in [-0.1, -0.05) is 11.3 Å². The lowest BCUT2D eigenvalue weighted by atomic mass is 10.2. The summed E-state index contributed by atoms with van der Waals surface area (Å²) < 4.78 is 27.4. The van der Waals surface area contributed by atoms with E-state index >= 15 is 0 Å². The van der Waals surface area contributed by atoms with E-state index in [4.69, 9.17) is 5.11 Å². The first-order chi connectivity index (χ1) is 9.56. The number of carbonyl (C=O) groups is 1. The first-order valence-electron chi connectivity index (χ1n) is 5.84. The highest BCUT2D eigenvalue weighted by atomic mass is 19.1. The van der Waals surface area contributed by atoms with Crippen molar-refractivity contribution in [3.05, 3.63) is 47.3 Å². The number of nitrogens with zero attached hydrogens (tertiary/aromatic N) is 3. The molecule has 0 radical (unpaired) electrons.